The van der Waals surface area contributed by atoms with Crippen molar-refractivity contribution in [1.29, 1.82) is 0 Å². The lowest BCUT2D eigenvalue weighted by molar-refractivity contribution is 0.101. The smallest absolute Gasteiger partial charge is 0.335 e. The predicted octanol–water partition coefficient (Wildman–Crippen LogP) is 10.4. The molecule has 10 aromatic rings. The minimum absolute atomic E-state index is 0.00134. The summed E-state index contributed by atoms with van der Waals surface area (Å²) in [5.74, 6) is -1.62. The molecule has 2 amide bonds. The quantitative estimate of drug-likeness (QED) is 0.0854. The van der Waals surface area contributed by atoms with Crippen LogP contribution in [0, 0.1) is 35.1 Å². The van der Waals surface area contributed by atoms with Crippen molar-refractivity contribution in [3.05, 3.63) is 210 Å². The molecular weight excluding hydrogens is 1200 g/mol. The first-order chi connectivity index (χ1) is 44.4. The molecule has 0 unspecified atom stereocenters. The molecule has 6 heterocycles. The molecule has 6 aromatic carbocycles. The van der Waals surface area contributed by atoms with E-state index in [1.54, 1.807) is 24.3 Å². The van der Waals surface area contributed by atoms with Gasteiger partial charge in [-0.05, 0) is 110 Å². The van der Waals surface area contributed by atoms with Crippen molar-refractivity contribution in [3.63, 3.8) is 0 Å². The normalized spacial score (nSPS) is 13.1. The summed E-state index contributed by atoms with van der Waals surface area (Å²) in [6.07, 6.45) is 7.22. The number of nitrogens with one attached hydrogen (secondary N) is 2. The van der Waals surface area contributed by atoms with Crippen molar-refractivity contribution >= 4 is 45.0 Å². The van der Waals surface area contributed by atoms with Gasteiger partial charge in [0.25, 0.3) is 22.9 Å². The largest absolute Gasteiger partial charge is 0.493 e. The third-order valence-electron chi connectivity index (χ3n) is 14.8. The number of carbonyl (C=O) groups is 2. The number of pyridine rings is 2. The highest BCUT2D eigenvalue weighted by atomic mass is 19.1. The molecule has 1 saturated carbocycles. The molecule has 22 nitrogen and oxygen atoms in total. The van der Waals surface area contributed by atoms with Crippen LogP contribution in [0.5, 0.6) is 57.5 Å². The molecule has 0 bridgehead atoms. The van der Waals surface area contributed by atoms with Crippen molar-refractivity contribution in [1.82, 2.24) is 28.2 Å². The molecule has 2 aliphatic heterocycles. The van der Waals surface area contributed by atoms with E-state index in [1.165, 1.54) is 96.7 Å². The van der Waals surface area contributed by atoms with E-state index in [0.717, 1.165) is 58.4 Å². The van der Waals surface area contributed by atoms with Crippen molar-refractivity contribution in [2.24, 2.45) is 11.8 Å². The molecular formula is C66H54F4N8O14. The van der Waals surface area contributed by atoms with E-state index < -0.39 is 57.6 Å². The molecule has 3 aliphatic rings. The highest BCUT2D eigenvalue weighted by Crippen LogP contribution is 2.50. The zero-order chi connectivity index (χ0) is 64.5. The van der Waals surface area contributed by atoms with E-state index >= 15 is 8.78 Å². The maximum atomic E-state index is 15.4. The highest BCUT2D eigenvalue weighted by molar-refractivity contribution is 6.05. The monoisotopic (exact) mass is 1260 g/mol. The molecule has 13 rings (SSSR count). The number of halogens is 4. The van der Waals surface area contributed by atoms with Crippen molar-refractivity contribution in [2.75, 3.05) is 51.3 Å². The summed E-state index contributed by atoms with van der Waals surface area (Å²) < 4.78 is 108. The minimum Gasteiger partial charge on any atom is -0.493 e. The highest BCUT2D eigenvalue weighted by Gasteiger charge is 2.29. The number of amides is 2. The maximum absolute atomic E-state index is 15.4. The molecule has 4 aromatic heterocycles. The Balaban J connectivity index is 0.000000177. The Morgan fingerprint density at radius 2 is 0.946 bits per heavy atom. The van der Waals surface area contributed by atoms with E-state index in [0.29, 0.717) is 82.7 Å². The fourth-order valence-corrected chi connectivity index (χ4v) is 10.4. The van der Waals surface area contributed by atoms with Crippen molar-refractivity contribution in [3.8, 4) is 68.9 Å². The molecule has 26 heteroatoms. The second-order valence-corrected chi connectivity index (χ2v) is 21.7. The molecule has 1 aliphatic carbocycles. The minimum atomic E-state index is -0.912. The zero-order valence-corrected chi connectivity index (χ0v) is 49.4. The van der Waals surface area contributed by atoms with E-state index in [1.807, 2.05) is 13.8 Å². The first kappa shape index (κ1) is 60.8. The fourth-order valence-electron chi connectivity index (χ4n) is 10.4. The molecule has 1 fully saturated rings. The number of fused-ring (bicyclic) bond motifs is 6. The number of hydrogen-bond donors (Lipinski definition) is 2. The van der Waals surface area contributed by atoms with Crippen LogP contribution in [0.25, 0.3) is 33.2 Å². The van der Waals surface area contributed by atoms with E-state index in [2.05, 4.69) is 20.6 Å². The van der Waals surface area contributed by atoms with Crippen LogP contribution < -0.4 is 71.0 Å². The summed E-state index contributed by atoms with van der Waals surface area (Å²) in [4.78, 5) is 88.6. The van der Waals surface area contributed by atoms with Crippen LogP contribution in [-0.2, 0) is 13.1 Å². The molecule has 0 saturated heterocycles. The van der Waals surface area contributed by atoms with E-state index in [9.17, 15) is 37.5 Å². The van der Waals surface area contributed by atoms with Gasteiger partial charge in [-0.25, -0.2) is 36.3 Å². The van der Waals surface area contributed by atoms with E-state index in [4.69, 9.17) is 37.9 Å². The average molecular weight is 1260 g/mol. The number of methoxy groups -OCH3 is 2. The number of aromatic nitrogens is 6. The lowest BCUT2D eigenvalue weighted by Crippen LogP contribution is -2.42. The van der Waals surface area contributed by atoms with Crippen LogP contribution in [0.3, 0.4) is 0 Å². The predicted molar refractivity (Wildman–Crippen MR) is 328 cm³/mol. The first-order valence-electron chi connectivity index (χ1n) is 28.8. The second-order valence-electron chi connectivity index (χ2n) is 21.7. The third kappa shape index (κ3) is 12.4. The summed E-state index contributed by atoms with van der Waals surface area (Å²) in [6, 6.07) is 23.6. The zero-order valence-electron chi connectivity index (χ0n) is 49.4. The summed E-state index contributed by atoms with van der Waals surface area (Å²) in [5, 5.41) is 5.98. The van der Waals surface area contributed by atoms with E-state index in [-0.39, 0.29) is 81.9 Å². The van der Waals surface area contributed by atoms with Crippen molar-refractivity contribution in [2.45, 2.75) is 39.8 Å². The van der Waals surface area contributed by atoms with Gasteiger partial charge in [0, 0.05) is 73.5 Å². The number of carbonyl (C=O) groups excluding carboxylic acids is 2. The number of anilines is 2. The Morgan fingerprint density at radius 1 is 0.533 bits per heavy atom. The summed E-state index contributed by atoms with van der Waals surface area (Å²) in [6.45, 7) is 5.49. The number of benzene rings is 6. The Bertz CT molecular complexity index is 4530. The van der Waals surface area contributed by atoms with Gasteiger partial charge in [0.2, 0.25) is 11.5 Å². The lowest BCUT2D eigenvalue weighted by atomic mass is 10.1. The van der Waals surface area contributed by atoms with Gasteiger partial charge >= 0.3 is 11.4 Å². The number of rotatable bonds is 16. The Labute approximate surface area is 518 Å². The van der Waals surface area contributed by atoms with Crippen LogP contribution in [-0.4, -0.2) is 80.7 Å². The van der Waals surface area contributed by atoms with Gasteiger partial charge in [-0.1, -0.05) is 13.8 Å². The molecule has 0 atom stereocenters. The van der Waals surface area contributed by atoms with Crippen LogP contribution in [0.4, 0.5) is 28.9 Å². The maximum Gasteiger partial charge on any atom is 0.335 e. The van der Waals surface area contributed by atoms with Gasteiger partial charge in [-0.2, -0.15) is 0 Å². The van der Waals surface area contributed by atoms with Crippen molar-refractivity contribution < 1.29 is 65.0 Å². The van der Waals surface area contributed by atoms with Gasteiger partial charge in [-0.3, -0.25) is 38.3 Å². The molecule has 2 N–H and O–H groups in total. The topological polar surface area (TPSA) is 246 Å². The van der Waals surface area contributed by atoms with Crippen LogP contribution in [0.1, 0.15) is 47.4 Å². The first-order valence-corrected chi connectivity index (χ1v) is 28.8. The van der Waals surface area contributed by atoms with Crippen LogP contribution in [0.2, 0.25) is 0 Å². The van der Waals surface area contributed by atoms with Gasteiger partial charge in [-0.15, -0.1) is 0 Å². The lowest BCUT2D eigenvalue weighted by Gasteiger charge is -2.23. The van der Waals surface area contributed by atoms with Gasteiger partial charge in [0.15, 0.2) is 46.1 Å². The molecule has 92 heavy (non-hydrogen) atoms. The standard InChI is InChI=1S/C33H26F2N4O7.C33H28F2N4O7/c1-43-27-15-24-28(30-29(27)44-12-13-45-30)26(10-11-36-24)46-25-9-6-20(14-23(25)35)37-31(40)22-17-38(16-18-2-3-18)33(42)39(32(22)41)21-7-4-19(34)5-8-21;1-18(2)16-38-17-22(32(41)39(33(38)42)21-7-4-19(34)5-8-21)31(40)37-20-6-9-25(23(35)14-20)46-26-10-11-36-24-15-27(43-3)29-30(28(24)26)45-13-12-44-29/h4-11,14-15,17-18H,2-3,12-13,16H2,1H3,(H,37,40);4-11,14-15,17-18H,12-13,16H2,1-3H3,(H,37,40). The van der Waals surface area contributed by atoms with Gasteiger partial charge in [0.1, 0.15) is 60.7 Å². The third-order valence-corrected chi connectivity index (χ3v) is 14.8. The number of hydrogen-bond acceptors (Lipinski definition) is 16. The summed E-state index contributed by atoms with van der Waals surface area (Å²) >= 11 is 0. The molecule has 0 spiro atoms. The molecule has 0 radical (unpaired) electrons. The van der Waals surface area contributed by atoms with Crippen LogP contribution >= 0.6 is 0 Å². The Kier molecular flexibility index (Phi) is 16.9. The average Bonchev–Trinajstić information content (AvgIpc) is 0.820. The van der Waals surface area contributed by atoms with Crippen LogP contribution in [0.15, 0.2) is 153 Å². The fraction of sp³-hybridized carbons (Fsp3) is 0.212. The SMILES string of the molecule is COc1cc2nccc(Oc3ccc(NC(=O)c4cn(CC(C)C)c(=O)n(-c5ccc(F)cc5)c4=O)cc3F)c2c2c1OCCO2.COc1cc2nccc(Oc3ccc(NC(=O)c4cn(CC5CC5)c(=O)n(-c5ccc(F)cc5)c4=O)cc3F)c2c2c1OCCO2. The summed E-state index contributed by atoms with van der Waals surface area (Å²) in [7, 11) is 3.00. The Hall–Kier alpha value is -11.4. The van der Waals surface area contributed by atoms with Gasteiger partial charge < -0.3 is 48.5 Å². The molecule has 470 valence electrons. The number of ether oxygens (including phenoxy) is 8. The van der Waals surface area contributed by atoms with Gasteiger partial charge in [0.05, 0.1) is 47.4 Å². The number of nitrogens with zero attached hydrogens (tertiary/aromatic N) is 6. The summed E-state index contributed by atoms with van der Waals surface area (Å²) in [5.41, 5.74) is -2.59. The second kappa shape index (κ2) is 25.6. The Morgan fingerprint density at radius 3 is 1.35 bits per heavy atom.